The van der Waals surface area contributed by atoms with Gasteiger partial charge in [0.25, 0.3) is 0 Å². The molecule has 4 N–H and O–H groups in total. The van der Waals surface area contributed by atoms with E-state index >= 15 is 0 Å². The van der Waals surface area contributed by atoms with E-state index in [9.17, 15) is 10.2 Å². The highest BCUT2D eigenvalue weighted by Gasteiger charge is 2.44. The van der Waals surface area contributed by atoms with Crippen molar-refractivity contribution in [3.05, 3.63) is 29.0 Å². The van der Waals surface area contributed by atoms with Crippen LogP contribution in [0, 0.1) is 0 Å². The number of hydrogen-bond donors (Lipinski definition) is 4. The number of benzene rings is 1. The molecule has 0 bridgehead atoms. The Bertz CT molecular complexity index is 602. The zero-order chi connectivity index (χ0) is 13.6. The molecule has 0 radical (unpaired) electrons. The molecule has 1 fully saturated rings. The smallest absolute Gasteiger partial charge is 0.144 e. The highest BCUT2D eigenvalue weighted by atomic mass is 35.5. The summed E-state index contributed by atoms with van der Waals surface area (Å²) in [4.78, 5) is 7.27. The second-order valence-electron chi connectivity index (χ2n) is 4.51. The van der Waals surface area contributed by atoms with Gasteiger partial charge < -0.3 is 25.0 Å². The topological polar surface area (TPSA) is 98.6 Å². The average molecular weight is 285 g/mol. The van der Waals surface area contributed by atoms with Crippen molar-refractivity contribution in [1.82, 2.24) is 9.97 Å². The Kier molecular flexibility index (Phi) is 3.20. The molecule has 102 valence electrons. The summed E-state index contributed by atoms with van der Waals surface area (Å²) in [6.07, 6.45) is -3.91. The second-order valence-corrected chi connectivity index (χ2v) is 4.92. The Hall–Kier alpha value is -1.18. The van der Waals surface area contributed by atoms with Gasteiger partial charge in [0.2, 0.25) is 0 Å². The van der Waals surface area contributed by atoms with Crippen LogP contribution in [0.5, 0.6) is 0 Å². The van der Waals surface area contributed by atoms with Crippen LogP contribution in [0.25, 0.3) is 11.0 Å². The number of aromatic nitrogens is 2. The van der Waals surface area contributed by atoms with Gasteiger partial charge in [0, 0.05) is 0 Å². The van der Waals surface area contributed by atoms with Gasteiger partial charge in [-0.2, -0.15) is 0 Å². The molecule has 4 atom stereocenters. The molecule has 1 aliphatic rings. The Balaban J connectivity index is 1.99. The molecule has 1 saturated heterocycles. The minimum absolute atomic E-state index is 0.365. The fraction of sp³-hybridized carbons (Fsp3) is 0.417. The molecule has 19 heavy (non-hydrogen) atoms. The summed E-state index contributed by atoms with van der Waals surface area (Å²) in [5, 5.41) is 29.2. The number of nitrogens with one attached hydrogen (secondary N) is 1. The van der Waals surface area contributed by atoms with Crippen molar-refractivity contribution in [2.75, 3.05) is 6.61 Å². The van der Waals surface area contributed by atoms with E-state index in [0.717, 1.165) is 0 Å². The van der Waals surface area contributed by atoms with E-state index < -0.39 is 24.4 Å². The molecule has 2 aromatic rings. The Labute approximate surface area is 113 Å². The first-order valence-corrected chi connectivity index (χ1v) is 6.26. The number of para-hydroxylation sites is 1. The Morgan fingerprint density at radius 2 is 2.11 bits per heavy atom. The molecule has 7 heteroatoms. The van der Waals surface area contributed by atoms with Gasteiger partial charge in [-0.15, -0.1) is 0 Å². The first-order valence-electron chi connectivity index (χ1n) is 5.88. The molecular weight excluding hydrogens is 272 g/mol. The largest absolute Gasteiger partial charge is 0.394 e. The van der Waals surface area contributed by atoms with Crippen LogP contribution in [0.3, 0.4) is 0 Å². The van der Waals surface area contributed by atoms with Crippen molar-refractivity contribution in [2.45, 2.75) is 24.4 Å². The highest BCUT2D eigenvalue weighted by molar-refractivity contribution is 6.34. The molecule has 0 unspecified atom stereocenters. The molecule has 0 spiro atoms. The van der Waals surface area contributed by atoms with Crippen LogP contribution in [0.15, 0.2) is 18.2 Å². The van der Waals surface area contributed by atoms with Gasteiger partial charge >= 0.3 is 0 Å². The second kappa shape index (κ2) is 4.73. The number of H-pyrrole nitrogens is 1. The van der Waals surface area contributed by atoms with E-state index in [1.807, 2.05) is 0 Å². The number of halogens is 1. The number of ether oxygens (including phenoxy) is 1. The maximum atomic E-state index is 9.93. The molecule has 1 aromatic heterocycles. The predicted octanol–water partition coefficient (Wildman–Crippen LogP) is 0.370. The van der Waals surface area contributed by atoms with Gasteiger partial charge in [0.05, 0.1) is 22.7 Å². The van der Waals surface area contributed by atoms with Gasteiger partial charge in [-0.1, -0.05) is 17.7 Å². The molecule has 6 nitrogen and oxygen atoms in total. The molecule has 2 heterocycles. The van der Waals surface area contributed by atoms with Crippen molar-refractivity contribution in [2.24, 2.45) is 0 Å². The lowest BCUT2D eigenvalue weighted by Crippen LogP contribution is -2.32. The lowest BCUT2D eigenvalue weighted by atomic mass is 10.1. The summed E-state index contributed by atoms with van der Waals surface area (Å²) in [6.45, 7) is -0.365. The standard InChI is InChI=1S/C12H13ClN2O4/c13-5-2-1-3-6-8(5)15-12(14-6)11-10(18)9(17)7(4-16)19-11/h1-3,7,9-11,16-18H,4H2,(H,14,15)/t7-,9-,10-,11-/m1/s1. The molecule has 0 amide bonds. The molecule has 1 aliphatic heterocycles. The number of aliphatic hydroxyl groups is 3. The van der Waals surface area contributed by atoms with Crippen LogP contribution in [0.4, 0.5) is 0 Å². The maximum Gasteiger partial charge on any atom is 0.144 e. The third kappa shape index (κ3) is 2.01. The summed E-state index contributed by atoms with van der Waals surface area (Å²) in [6, 6.07) is 5.28. The monoisotopic (exact) mass is 284 g/mol. The SMILES string of the molecule is OC[C@H]1O[C@@H](c2nc3cccc(Cl)c3[nH]2)[C@H](O)[C@@H]1O. The summed E-state index contributed by atoms with van der Waals surface area (Å²) in [7, 11) is 0. The lowest BCUT2D eigenvalue weighted by Gasteiger charge is -2.11. The van der Waals surface area contributed by atoms with E-state index in [-0.39, 0.29) is 6.61 Å². The van der Waals surface area contributed by atoms with Gasteiger partial charge in [-0.3, -0.25) is 0 Å². The van der Waals surface area contributed by atoms with E-state index in [4.69, 9.17) is 21.4 Å². The van der Waals surface area contributed by atoms with Crippen LogP contribution in [0.2, 0.25) is 5.02 Å². The Morgan fingerprint density at radius 1 is 1.32 bits per heavy atom. The number of fused-ring (bicyclic) bond motifs is 1. The zero-order valence-corrected chi connectivity index (χ0v) is 10.6. The maximum absolute atomic E-state index is 9.93. The predicted molar refractivity (Wildman–Crippen MR) is 67.8 cm³/mol. The number of nitrogens with zero attached hydrogens (tertiary/aromatic N) is 1. The minimum Gasteiger partial charge on any atom is -0.394 e. The van der Waals surface area contributed by atoms with Crippen LogP contribution < -0.4 is 0 Å². The number of aliphatic hydroxyl groups excluding tert-OH is 3. The van der Waals surface area contributed by atoms with Crippen molar-refractivity contribution >= 4 is 22.6 Å². The average Bonchev–Trinajstić information content (AvgIpc) is 2.94. The number of imidazole rings is 1. The third-order valence-corrected chi connectivity index (χ3v) is 3.61. The van der Waals surface area contributed by atoms with Crippen LogP contribution >= 0.6 is 11.6 Å². The van der Waals surface area contributed by atoms with Crippen molar-refractivity contribution in [3.63, 3.8) is 0 Å². The first kappa shape index (κ1) is 12.8. The molecule has 1 aromatic carbocycles. The minimum atomic E-state index is -1.14. The van der Waals surface area contributed by atoms with Crippen molar-refractivity contribution < 1.29 is 20.1 Å². The summed E-state index contributed by atoms with van der Waals surface area (Å²) in [5.41, 5.74) is 1.30. The van der Waals surface area contributed by atoms with Gasteiger partial charge in [0.1, 0.15) is 30.2 Å². The lowest BCUT2D eigenvalue weighted by molar-refractivity contribution is -0.0249. The van der Waals surface area contributed by atoms with Crippen molar-refractivity contribution in [1.29, 1.82) is 0 Å². The Morgan fingerprint density at radius 3 is 2.74 bits per heavy atom. The van der Waals surface area contributed by atoms with Crippen LogP contribution in [0.1, 0.15) is 11.9 Å². The van der Waals surface area contributed by atoms with E-state index in [2.05, 4.69) is 9.97 Å². The fourth-order valence-corrected chi connectivity index (χ4v) is 2.49. The zero-order valence-electron chi connectivity index (χ0n) is 9.82. The summed E-state index contributed by atoms with van der Waals surface area (Å²) in [5.74, 6) is 0.380. The molecular formula is C12H13ClN2O4. The number of rotatable bonds is 2. The van der Waals surface area contributed by atoms with Crippen molar-refractivity contribution in [3.8, 4) is 0 Å². The van der Waals surface area contributed by atoms with E-state index in [1.54, 1.807) is 18.2 Å². The molecule has 0 saturated carbocycles. The van der Waals surface area contributed by atoms with Crippen LogP contribution in [-0.2, 0) is 4.74 Å². The third-order valence-electron chi connectivity index (χ3n) is 3.30. The van der Waals surface area contributed by atoms with E-state index in [1.165, 1.54) is 0 Å². The normalized spacial score (nSPS) is 31.2. The highest BCUT2D eigenvalue weighted by Crippen LogP contribution is 2.33. The quantitative estimate of drug-likeness (QED) is 0.639. The first-order chi connectivity index (χ1) is 9.11. The van der Waals surface area contributed by atoms with Crippen LogP contribution in [-0.4, -0.2) is 50.2 Å². The fourth-order valence-electron chi connectivity index (χ4n) is 2.28. The molecule has 3 rings (SSSR count). The van der Waals surface area contributed by atoms with Gasteiger partial charge in [-0.25, -0.2) is 4.98 Å². The summed E-state index contributed by atoms with van der Waals surface area (Å²) >= 11 is 6.03. The molecule has 0 aliphatic carbocycles. The van der Waals surface area contributed by atoms with Gasteiger partial charge in [0.15, 0.2) is 0 Å². The summed E-state index contributed by atoms with van der Waals surface area (Å²) < 4.78 is 5.40. The van der Waals surface area contributed by atoms with Gasteiger partial charge in [-0.05, 0) is 12.1 Å². The van der Waals surface area contributed by atoms with E-state index in [0.29, 0.717) is 21.9 Å². The number of hydrogen-bond acceptors (Lipinski definition) is 5. The number of aromatic amines is 1.